The molecule has 1 unspecified atom stereocenters. The molecule has 1 saturated heterocycles. The monoisotopic (exact) mass is 339 g/mol. The van der Waals surface area contributed by atoms with Crippen molar-refractivity contribution in [1.29, 1.82) is 0 Å². The Labute approximate surface area is 145 Å². The molecule has 0 aromatic carbocycles. The van der Waals surface area contributed by atoms with Gasteiger partial charge in [-0.05, 0) is 43.9 Å². The molecule has 2 aliphatic rings. The molecule has 2 rings (SSSR count). The van der Waals surface area contributed by atoms with E-state index >= 15 is 0 Å². The molecule has 0 spiro atoms. The molecule has 1 aliphatic carbocycles. The van der Waals surface area contributed by atoms with Crippen molar-refractivity contribution in [1.82, 2.24) is 15.5 Å². The van der Waals surface area contributed by atoms with E-state index in [1.54, 1.807) is 6.92 Å². The number of urea groups is 1. The summed E-state index contributed by atoms with van der Waals surface area (Å²) in [6.45, 7) is 9.25. The van der Waals surface area contributed by atoms with Gasteiger partial charge in [-0.2, -0.15) is 0 Å². The Kier molecular flexibility index (Phi) is 6.12. The zero-order chi connectivity index (χ0) is 17.9. The summed E-state index contributed by atoms with van der Waals surface area (Å²) in [4.78, 5) is 25.6. The van der Waals surface area contributed by atoms with Gasteiger partial charge < -0.3 is 20.6 Å². The van der Waals surface area contributed by atoms with Crippen molar-refractivity contribution in [2.45, 2.75) is 77.5 Å². The van der Waals surface area contributed by atoms with Crippen LogP contribution in [0.1, 0.15) is 59.8 Å². The van der Waals surface area contributed by atoms with Gasteiger partial charge in [0.25, 0.3) is 0 Å². The third-order valence-corrected chi connectivity index (χ3v) is 6.15. The largest absolute Gasteiger partial charge is 0.393 e. The fourth-order valence-electron chi connectivity index (χ4n) is 3.85. The van der Waals surface area contributed by atoms with Crippen LogP contribution in [0.3, 0.4) is 0 Å². The molecule has 0 aromatic rings. The number of carbonyl (C=O) groups is 2. The van der Waals surface area contributed by atoms with Crippen LogP contribution in [0.2, 0.25) is 0 Å². The number of piperidine rings is 1. The second-order valence-electron chi connectivity index (χ2n) is 7.58. The van der Waals surface area contributed by atoms with Gasteiger partial charge >= 0.3 is 6.03 Å². The van der Waals surface area contributed by atoms with Crippen LogP contribution in [-0.4, -0.2) is 52.7 Å². The molecule has 0 radical (unpaired) electrons. The van der Waals surface area contributed by atoms with Gasteiger partial charge in [-0.15, -0.1) is 0 Å². The number of hydrogen-bond acceptors (Lipinski definition) is 3. The fourth-order valence-corrected chi connectivity index (χ4v) is 3.85. The fraction of sp³-hybridized carbons (Fsp3) is 0.889. The van der Waals surface area contributed by atoms with Crippen molar-refractivity contribution < 1.29 is 14.7 Å². The minimum atomic E-state index is -0.249. The van der Waals surface area contributed by atoms with Crippen LogP contribution in [0.15, 0.2) is 0 Å². The highest BCUT2D eigenvalue weighted by molar-refractivity contribution is 5.75. The van der Waals surface area contributed by atoms with Crippen LogP contribution < -0.4 is 10.6 Å². The van der Waals surface area contributed by atoms with E-state index in [1.807, 2.05) is 4.90 Å². The highest BCUT2D eigenvalue weighted by Gasteiger charge is 2.49. The first-order valence-corrected chi connectivity index (χ1v) is 9.34. The minimum absolute atomic E-state index is 0.103. The van der Waals surface area contributed by atoms with Crippen LogP contribution in [0.5, 0.6) is 0 Å². The van der Waals surface area contributed by atoms with Crippen molar-refractivity contribution in [3.63, 3.8) is 0 Å². The summed E-state index contributed by atoms with van der Waals surface area (Å²) in [6, 6.07) is 0.000203. The summed E-state index contributed by atoms with van der Waals surface area (Å²) in [5.41, 5.74) is -0.249. The van der Waals surface area contributed by atoms with E-state index in [-0.39, 0.29) is 29.6 Å². The molecule has 1 heterocycles. The highest BCUT2D eigenvalue weighted by atomic mass is 16.3. The molecule has 3 N–H and O–H groups in total. The quantitative estimate of drug-likeness (QED) is 0.691. The van der Waals surface area contributed by atoms with Gasteiger partial charge in [-0.25, -0.2) is 4.79 Å². The number of hydrogen-bond donors (Lipinski definition) is 3. The smallest absolute Gasteiger partial charge is 0.315 e. The Morgan fingerprint density at radius 2 is 1.75 bits per heavy atom. The molecule has 24 heavy (non-hydrogen) atoms. The van der Waals surface area contributed by atoms with Crippen molar-refractivity contribution in [2.75, 3.05) is 13.1 Å². The number of rotatable bonds is 6. The first-order valence-electron chi connectivity index (χ1n) is 9.34. The van der Waals surface area contributed by atoms with E-state index in [4.69, 9.17) is 0 Å². The zero-order valence-corrected chi connectivity index (χ0v) is 15.5. The predicted octanol–water partition coefficient (Wildman–Crippen LogP) is 1.87. The van der Waals surface area contributed by atoms with Gasteiger partial charge in [0.1, 0.15) is 0 Å². The van der Waals surface area contributed by atoms with Gasteiger partial charge in [-0.1, -0.05) is 20.8 Å². The number of nitrogens with one attached hydrogen (secondary N) is 2. The van der Waals surface area contributed by atoms with Crippen LogP contribution >= 0.6 is 0 Å². The Hall–Kier alpha value is -1.30. The number of nitrogens with zero attached hydrogens (tertiary/aromatic N) is 1. The van der Waals surface area contributed by atoms with E-state index in [2.05, 4.69) is 31.4 Å². The molecule has 0 bridgehead atoms. The van der Waals surface area contributed by atoms with Gasteiger partial charge in [0, 0.05) is 31.6 Å². The zero-order valence-electron chi connectivity index (χ0n) is 15.5. The number of likely N-dealkylation sites (tertiary alicyclic amines) is 1. The molecule has 3 amide bonds. The average molecular weight is 339 g/mol. The van der Waals surface area contributed by atoms with E-state index in [0.717, 1.165) is 32.1 Å². The SMILES string of the molecule is CCC(CC)(CC1[C@@H](C)[C@@H]1O)NC(=O)NC1CCN(C(C)=O)CC1. The number of carbonyl (C=O) groups excluding carboxylic acids is 2. The maximum atomic E-state index is 12.5. The molecule has 1 saturated carbocycles. The lowest BCUT2D eigenvalue weighted by molar-refractivity contribution is -0.129. The van der Waals surface area contributed by atoms with Gasteiger partial charge in [0.2, 0.25) is 5.91 Å². The molecule has 0 aromatic heterocycles. The summed E-state index contributed by atoms with van der Waals surface area (Å²) in [6.07, 6.45) is 3.93. The molecule has 138 valence electrons. The Balaban J connectivity index is 1.84. The normalized spacial score (nSPS) is 27.7. The number of aliphatic hydroxyl groups is 1. The standard InChI is InChI=1S/C18H33N3O3/c1-5-18(6-2,11-15-12(3)16(15)23)20-17(24)19-14-7-9-21(10-8-14)13(4)22/h12,14-16,23H,5-11H2,1-4H3,(H2,19,20,24)/t12-,15?,16+/m1/s1. The average Bonchev–Trinajstić information content (AvgIpc) is 3.12. The molecule has 6 nitrogen and oxygen atoms in total. The molecule has 2 fully saturated rings. The van der Waals surface area contributed by atoms with Crippen LogP contribution in [0.25, 0.3) is 0 Å². The third kappa shape index (κ3) is 4.41. The van der Waals surface area contributed by atoms with E-state index < -0.39 is 0 Å². The highest BCUT2D eigenvalue weighted by Crippen LogP contribution is 2.45. The molecular weight excluding hydrogens is 306 g/mol. The first-order chi connectivity index (χ1) is 11.3. The second kappa shape index (κ2) is 7.72. The van der Waals surface area contributed by atoms with Crippen molar-refractivity contribution in [3.8, 4) is 0 Å². The Bertz CT molecular complexity index is 448. The van der Waals surface area contributed by atoms with Crippen molar-refractivity contribution >= 4 is 11.9 Å². The lowest BCUT2D eigenvalue weighted by atomic mass is 9.86. The van der Waals surface area contributed by atoms with Gasteiger partial charge in [0.15, 0.2) is 0 Å². The first kappa shape index (κ1) is 19.0. The summed E-state index contributed by atoms with van der Waals surface area (Å²) in [5.74, 6) is 0.734. The molecule has 1 aliphatic heterocycles. The van der Waals surface area contributed by atoms with Crippen molar-refractivity contribution in [2.24, 2.45) is 11.8 Å². The van der Waals surface area contributed by atoms with Crippen LogP contribution in [-0.2, 0) is 4.79 Å². The lowest BCUT2D eigenvalue weighted by Crippen LogP contribution is -2.55. The summed E-state index contributed by atoms with van der Waals surface area (Å²) in [5, 5.41) is 16.1. The molecule has 6 heteroatoms. The minimum Gasteiger partial charge on any atom is -0.393 e. The van der Waals surface area contributed by atoms with Crippen LogP contribution in [0, 0.1) is 11.8 Å². The summed E-state index contributed by atoms with van der Waals surface area (Å²) in [7, 11) is 0. The number of aliphatic hydroxyl groups excluding tert-OH is 1. The van der Waals surface area contributed by atoms with Crippen molar-refractivity contribution in [3.05, 3.63) is 0 Å². The molecule has 3 atom stereocenters. The maximum absolute atomic E-state index is 12.5. The summed E-state index contributed by atoms with van der Waals surface area (Å²) < 4.78 is 0. The topological polar surface area (TPSA) is 81.7 Å². The van der Waals surface area contributed by atoms with E-state index in [0.29, 0.717) is 24.9 Å². The van der Waals surface area contributed by atoms with Crippen LogP contribution in [0.4, 0.5) is 4.79 Å². The second-order valence-corrected chi connectivity index (χ2v) is 7.58. The van der Waals surface area contributed by atoms with Gasteiger partial charge in [-0.3, -0.25) is 4.79 Å². The Morgan fingerprint density at radius 3 is 2.17 bits per heavy atom. The predicted molar refractivity (Wildman–Crippen MR) is 93.5 cm³/mol. The third-order valence-electron chi connectivity index (χ3n) is 6.15. The molecular formula is C18H33N3O3. The maximum Gasteiger partial charge on any atom is 0.315 e. The Morgan fingerprint density at radius 1 is 1.21 bits per heavy atom. The van der Waals surface area contributed by atoms with E-state index in [1.165, 1.54) is 0 Å². The lowest BCUT2D eigenvalue weighted by Gasteiger charge is -2.36. The summed E-state index contributed by atoms with van der Waals surface area (Å²) >= 11 is 0. The van der Waals surface area contributed by atoms with E-state index in [9.17, 15) is 14.7 Å². The number of amides is 3. The van der Waals surface area contributed by atoms with Gasteiger partial charge in [0.05, 0.1) is 6.10 Å².